The van der Waals surface area contributed by atoms with Crippen LogP contribution < -0.4 is 10.2 Å². The predicted molar refractivity (Wildman–Crippen MR) is 87.5 cm³/mol. The average molecular weight is 299 g/mol. The Bertz CT molecular complexity index is 668. The smallest absolute Gasteiger partial charge is 0.119 e. The minimum atomic E-state index is 0.840. The van der Waals surface area contributed by atoms with Gasteiger partial charge in [-0.25, -0.2) is 4.98 Å². The van der Waals surface area contributed by atoms with E-state index in [1.165, 1.54) is 0 Å². The maximum Gasteiger partial charge on any atom is 0.119 e. The molecule has 0 amide bonds. The number of hydrogen-bond donors (Lipinski definition) is 1. The molecule has 2 aromatic rings. The molecule has 0 spiro atoms. The molecule has 1 aliphatic heterocycles. The molecular weight excluding hydrogens is 282 g/mol. The van der Waals surface area contributed by atoms with Crippen LogP contribution in [-0.2, 0) is 0 Å². The van der Waals surface area contributed by atoms with Crippen LogP contribution in [0.4, 0.5) is 5.69 Å². The Hall–Kier alpha value is -2.01. The van der Waals surface area contributed by atoms with Gasteiger partial charge in [0.1, 0.15) is 10.8 Å². The Labute approximate surface area is 128 Å². The molecule has 0 fully saturated rings. The van der Waals surface area contributed by atoms with Crippen LogP contribution in [0, 0.1) is 6.92 Å². The van der Waals surface area contributed by atoms with Crippen LogP contribution in [0.3, 0.4) is 0 Å². The van der Waals surface area contributed by atoms with E-state index in [1.807, 2.05) is 37.3 Å². The summed E-state index contributed by atoms with van der Waals surface area (Å²) < 4.78 is 5.15. The summed E-state index contributed by atoms with van der Waals surface area (Å²) >= 11 is 1.80. The SMILES string of the molecule is COc1ccc(N/N=C2\CCSc3nc(C)ccc32)cc1. The molecule has 0 bridgehead atoms. The van der Waals surface area contributed by atoms with Gasteiger partial charge in [-0.05, 0) is 43.3 Å². The van der Waals surface area contributed by atoms with Gasteiger partial charge in [-0.1, -0.05) is 0 Å². The number of hydrazone groups is 1. The monoisotopic (exact) mass is 299 g/mol. The van der Waals surface area contributed by atoms with E-state index >= 15 is 0 Å². The summed E-state index contributed by atoms with van der Waals surface area (Å²) in [5, 5.41) is 5.63. The lowest BCUT2D eigenvalue weighted by Gasteiger charge is -2.17. The van der Waals surface area contributed by atoms with Crippen LogP contribution in [0.25, 0.3) is 0 Å². The Balaban J connectivity index is 1.81. The normalized spacial score (nSPS) is 15.6. The zero-order chi connectivity index (χ0) is 14.7. The fraction of sp³-hybridized carbons (Fsp3) is 0.250. The molecule has 108 valence electrons. The topological polar surface area (TPSA) is 46.5 Å². The number of nitrogens with zero attached hydrogens (tertiary/aromatic N) is 2. The predicted octanol–water partition coefficient (Wildman–Crippen LogP) is 3.71. The summed E-state index contributed by atoms with van der Waals surface area (Å²) in [6.45, 7) is 2.02. The van der Waals surface area contributed by atoms with Crippen molar-refractivity contribution in [1.29, 1.82) is 0 Å². The number of rotatable bonds is 3. The van der Waals surface area contributed by atoms with Gasteiger partial charge in [0.2, 0.25) is 0 Å². The highest BCUT2D eigenvalue weighted by atomic mass is 32.2. The highest BCUT2D eigenvalue weighted by molar-refractivity contribution is 7.99. The molecule has 1 aliphatic rings. The van der Waals surface area contributed by atoms with Crippen molar-refractivity contribution in [3.63, 3.8) is 0 Å². The molecule has 0 saturated carbocycles. The first-order valence-electron chi connectivity index (χ1n) is 6.84. The van der Waals surface area contributed by atoms with Crippen LogP contribution >= 0.6 is 11.8 Å². The van der Waals surface area contributed by atoms with Crippen molar-refractivity contribution >= 4 is 23.2 Å². The molecule has 0 unspecified atom stereocenters. The molecule has 2 heterocycles. The summed E-state index contributed by atoms with van der Waals surface area (Å²) in [7, 11) is 1.66. The van der Waals surface area contributed by atoms with Gasteiger partial charge in [-0.15, -0.1) is 11.8 Å². The number of fused-ring (bicyclic) bond motifs is 1. The number of aryl methyl sites for hydroxylation is 1. The van der Waals surface area contributed by atoms with Gasteiger partial charge in [0.25, 0.3) is 0 Å². The number of aromatic nitrogens is 1. The van der Waals surface area contributed by atoms with Crippen molar-refractivity contribution in [2.24, 2.45) is 5.10 Å². The fourth-order valence-corrected chi connectivity index (χ4v) is 3.19. The first-order valence-corrected chi connectivity index (χ1v) is 7.82. The summed E-state index contributed by atoms with van der Waals surface area (Å²) in [5.41, 5.74) is 7.31. The maximum atomic E-state index is 5.15. The van der Waals surface area contributed by atoms with E-state index in [0.29, 0.717) is 0 Å². The molecule has 1 aromatic carbocycles. The second kappa shape index (κ2) is 6.18. The standard InChI is InChI=1S/C16H17N3OS/c1-11-3-8-14-15(9-10-21-16(14)17-11)19-18-12-4-6-13(20-2)7-5-12/h3-8,18H,9-10H2,1-2H3/b19-15+. The summed E-state index contributed by atoms with van der Waals surface area (Å²) in [6, 6.07) is 11.9. The van der Waals surface area contributed by atoms with Gasteiger partial charge < -0.3 is 4.74 Å². The number of nitrogens with one attached hydrogen (secondary N) is 1. The molecule has 3 rings (SSSR count). The van der Waals surface area contributed by atoms with Crippen molar-refractivity contribution in [2.75, 3.05) is 18.3 Å². The minimum absolute atomic E-state index is 0.840. The number of pyridine rings is 1. The number of ether oxygens (including phenoxy) is 1. The lowest BCUT2D eigenvalue weighted by Crippen LogP contribution is -2.13. The zero-order valence-corrected chi connectivity index (χ0v) is 12.9. The van der Waals surface area contributed by atoms with Gasteiger partial charge >= 0.3 is 0 Å². The number of hydrogen-bond acceptors (Lipinski definition) is 5. The molecule has 4 nitrogen and oxygen atoms in total. The van der Waals surface area contributed by atoms with Crippen LogP contribution in [0.5, 0.6) is 5.75 Å². The highest BCUT2D eigenvalue weighted by Gasteiger charge is 2.17. The first-order chi connectivity index (χ1) is 10.3. The van der Waals surface area contributed by atoms with E-state index in [-0.39, 0.29) is 0 Å². The van der Waals surface area contributed by atoms with Gasteiger partial charge in [0, 0.05) is 23.4 Å². The second-order valence-corrected chi connectivity index (χ2v) is 5.89. The first kappa shape index (κ1) is 13.9. The van der Waals surface area contributed by atoms with Crippen LogP contribution in [-0.4, -0.2) is 23.6 Å². The van der Waals surface area contributed by atoms with Crippen molar-refractivity contribution in [1.82, 2.24) is 4.98 Å². The van der Waals surface area contributed by atoms with Gasteiger partial charge in [-0.3, -0.25) is 5.43 Å². The number of anilines is 1. The van der Waals surface area contributed by atoms with Crippen molar-refractivity contribution in [2.45, 2.75) is 18.4 Å². The molecule has 0 atom stereocenters. The minimum Gasteiger partial charge on any atom is -0.497 e. The van der Waals surface area contributed by atoms with E-state index < -0.39 is 0 Å². The van der Waals surface area contributed by atoms with Gasteiger partial charge in [0.15, 0.2) is 0 Å². The van der Waals surface area contributed by atoms with E-state index in [1.54, 1.807) is 18.9 Å². The van der Waals surface area contributed by atoms with E-state index in [0.717, 1.165) is 45.6 Å². The van der Waals surface area contributed by atoms with E-state index in [2.05, 4.69) is 21.6 Å². The zero-order valence-electron chi connectivity index (χ0n) is 12.1. The Morgan fingerprint density at radius 2 is 2.00 bits per heavy atom. The quantitative estimate of drug-likeness (QED) is 0.878. The van der Waals surface area contributed by atoms with Crippen molar-refractivity contribution in [3.05, 3.63) is 47.7 Å². The van der Waals surface area contributed by atoms with Gasteiger partial charge in [-0.2, -0.15) is 5.10 Å². The van der Waals surface area contributed by atoms with Crippen LogP contribution in [0.15, 0.2) is 46.5 Å². The number of benzene rings is 1. The summed E-state index contributed by atoms with van der Waals surface area (Å²) in [4.78, 5) is 4.58. The highest BCUT2D eigenvalue weighted by Crippen LogP contribution is 2.29. The third-order valence-electron chi connectivity index (χ3n) is 3.30. The third kappa shape index (κ3) is 3.19. The van der Waals surface area contributed by atoms with Crippen LogP contribution in [0.2, 0.25) is 0 Å². The van der Waals surface area contributed by atoms with E-state index in [9.17, 15) is 0 Å². The summed E-state index contributed by atoms with van der Waals surface area (Å²) in [5.74, 6) is 1.86. The maximum absolute atomic E-state index is 5.15. The molecule has 21 heavy (non-hydrogen) atoms. The molecule has 0 aliphatic carbocycles. The molecule has 0 radical (unpaired) electrons. The van der Waals surface area contributed by atoms with Crippen LogP contribution in [0.1, 0.15) is 17.7 Å². The number of thioether (sulfide) groups is 1. The summed E-state index contributed by atoms with van der Waals surface area (Å²) in [6.07, 6.45) is 0.950. The van der Waals surface area contributed by atoms with Gasteiger partial charge in [0.05, 0.1) is 18.5 Å². The number of methoxy groups -OCH3 is 1. The average Bonchev–Trinajstić information content (AvgIpc) is 2.53. The third-order valence-corrected chi connectivity index (χ3v) is 4.29. The Kier molecular flexibility index (Phi) is 4.10. The lowest BCUT2D eigenvalue weighted by atomic mass is 10.1. The van der Waals surface area contributed by atoms with E-state index in [4.69, 9.17) is 4.74 Å². The molecule has 1 N–H and O–H groups in total. The molecule has 1 aromatic heterocycles. The van der Waals surface area contributed by atoms with Crippen molar-refractivity contribution in [3.8, 4) is 5.75 Å². The lowest BCUT2D eigenvalue weighted by molar-refractivity contribution is 0.415. The molecule has 5 heteroatoms. The van der Waals surface area contributed by atoms with Crippen molar-refractivity contribution < 1.29 is 4.74 Å². The largest absolute Gasteiger partial charge is 0.497 e. The molecule has 0 saturated heterocycles. The second-order valence-electron chi connectivity index (χ2n) is 4.80. The Morgan fingerprint density at radius 3 is 2.76 bits per heavy atom. The Morgan fingerprint density at radius 1 is 1.19 bits per heavy atom. The molecular formula is C16H17N3OS. The fourth-order valence-electron chi connectivity index (χ4n) is 2.16.